The summed E-state index contributed by atoms with van der Waals surface area (Å²) >= 11 is 0. The molecule has 0 bridgehead atoms. The van der Waals surface area contributed by atoms with Gasteiger partial charge in [-0.05, 0) is 12.0 Å². The largest absolute Gasteiger partial charge is 0.387 e. The maximum atomic E-state index is 11.6. The highest BCUT2D eigenvalue weighted by molar-refractivity contribution is 5.81. The Kier molecular flexibility index (Phi) is 6.35. The van der Waals surface area contributed by atoms with Crippen molar-refractivity contribution in [1.82, 2.24) is 5.32 Å². The molecule has 1 aromatic rings. The lowest BCUT2D eigenvalue weighted by atomic mass is 10.1. The van der Waals surface area contributed by atoms with Gasteiger partial charge in [0.05, 0.1) is 12.1 Å². The lowest BCUT2D eigenvalue weighted by Crippen LogP contribution is -2.42. The van der Waals surface area contributed by atoms with Crippen molar-refractivity contribution in [2.24, 2.45) is 5.73 Å². The minimum atomic E-state index is -0.718. The van der Waals surface area contributed by atoms with Crippen LogP contribution in [0.2, 0.25) is 0 Å². The number of methoxy groups -OCH3 is 1. The van der Waals surface area contributed by atoms with Crippen LogP contribution in [0.3, 0.4) is 0 Å². The summed E-state index contributed by atoms with van der Waals surface area (Å²) in [5, 5.41) is 12.5. The molecule has 1 rings (SSSR count). The zero-order valence-corrected chi connectivity index (χ0v) is 10.5. The summed E-state index contributed by atoms with van der Waals surface area (Å²) < 4.78 is 4.85. The van der Waals surface area contributed by atoms with Crippen LogP contribution in [0.5, 0.6) is 0 Å². The topological polar surface area (TPSA) is 84.6 Å². The van der Waals surface area contributed by atoms with Crippen molar-refractivity contribution in [3.63, 3.8) is 0 Å². The molecule has 5 nitrogen and oxygen atoms in total. The first-order valence-electron chi connectivity index (χ1n) is 5.90. The average molecular weight is 252 g/mol. The number of hydrogen-bond donors (Lipinski definition) is 3. The van der Waals surface area contributed by atoms with Crippen molar-refractivity contribution < 1.29 is 14.6 Å². The summed E-state index contributed by atoms with van der Waals surface area (Å²) in [6, 6.07) is 8.56. The molecule has 0 radical (unpaired) electrons. The zero-order chi connectivity index (χ0) is 13.4. The van der Waals surface area contributed by atoms with Gasteiger partial charge in [0.2, 0.25) is 5.91 Å². The van der Waals surface area contributed by atoms with Gasteiger partial charge in [-0.1, -0.05) is 30.3 Å². The van der Waals surface area contributed by atoms with Crippen molar-refractivity contribution in [3.05, 3.63) is 35.9 Å². The zero-order valence-electron chi connectivity index (χ0n) is 10.5. The number of ether oxygens (including phenoxy) is 1. The van der Waals surface area contributed by atoms with E-state index in [0.717, 1.165) is 5.56 Å². The highest BCUT2D eigenvalue weighted by Gasteiger charge is 2.14. The second-order valence-corrected chi connectivity index (χ2v) is 4.06. The molecule has 4 N–H and O–H groups in total. The van der Waals surface area contributed by atoms with Crippen LogP contribution >= 0.6 is 0 Å². The highest BCUT2D eigenvalue weighted by Crippen LogP contribution is 2.10. The molecular formula is C13H20N2O3. The van der Waals surface area contributed by atoms with E-state index in [-0.39, 0.29) is 12.5 Å². The Morgan fingerprint density at radius 1 is 1.44 bits per heavy atom. The van der Waals surface area contributed by atoms with Crippen molar-refractivity contribution in [2.45, 2.75) is 18.6 Å². The number of nitrogens with one attached hydrogen (secondary N) is 1. The summed E-state index contributed by atoms with van der Waals surface area (Å²) in [5.41, 5.74) is 6.42. The van der Waals surface area contributed by atoms with Gasteiger partial charge in [-0.25, -0.2) is 0 Å². The number of aliphatic hydroxyl groups excluding tert-OH is 1. The number of carbonyl (C=O) groups excluding carboxylic acids is 1. The molecular weight excluding hydrogens is 232 g/mol. The Hall–Kier alpha value is -1.43. The Morgan fingerprint density at radius 2 is 2.11 bits per heavy atom. The molecule has 0 saturated heterocycles. The summed E-state index contributed by atoms with van der Waals surface area (Å²) in [7, 11) is 1.56. The van der Waals surface area contributed by atoms with Gasteiger partial charge < -0.3 is 20.9 Å². The summed E-state index contributed by atoms with van der Waals surface area (Å²) in [6.07, 6.45) is -0.256. The summed E-state index contributed by atoms with van der Waals surface area (Å²) in [4.78, 5) is 11.6. The van der Waals surface area contributed by atoms with Crippen LogP contribution in [0.15, 0.2) is 30.3 Å². The van der Waals surface area contributed by atoms with E-state index in [1.807, 2.05) is 30.3 Å². The second-order valence-electron chi connectivity index (χ2n) is 4.06. The number of nitrogens with two attached hydrogens (primary N) is 1. The van der Waals surface area contributed by atoms with Gasteiger partial charge in [0.1, 0.15) is 0 Å². The predicted molar refractivity (Wildman–Crippen MR) is 68.9 cm³/mol. The number of benzene rings is 1. The average Bonchev–Trinajstić information content (AvgIpc) is 2.42. The van der Waals surface area contributed by atoms with Gasteiger partial charge in [0.25, 0.3) is 0 Å². The monoisotopic (exact) mass is 252 g/mol. The molecule has 0 heterocycles. The molecule has 0 saturated carbocycles. The number of carbonyl (C=O) groups is 1. The molecule has 0 fully saturated rings. The van der Waals surface area contributed by atoms with E-state index in [0.29, 0.717) is 13.0 Å². The van der Waals surface area contributed by atoms with Gasteiger partial charge in [-0.3, -0.25) is 4.79 Å². The minimum absolute atomic E-state index is 0.156. The first-order chi connectivity index (χ1) is 8.65. The molecule has 2 atom stereocenters. The van der Waals surface area contributed by atoms with E-state index in [9.17, 15) is 9.90 Å². The SMILES string of the molecule is COCCC(N)C(=O)NCC(O)c1ccccc1. The Bertz CT molecular complexity index is 357. The lowest BCUT2D eigenvalue weighted by molar-refractivity contribution is -0.123. The molecule has 100 valence electrons. The maximum absolute atomic E-state index is 11.6. The highest BCUT2D eigenvalue weighted by atomic mass is 16.5. The number of rotatable bonds is 7. The molecule has 1 amide bonds. The van der Waals surface area contributed by atoms with Crippen LogP contribution < -0.4 is 11.1 Å². The molecule has 0 aromatic heterocycles. The molecule has 2 unspecified atom stereocenters. The number of aliphatic hydroxyl groups is 1. The third-order valence-corrected chi connectivity index (χ3v) is 2.62. The van der Waals surface area contributed by atoms with Crippen LogP contribution in [0.4, 0.5) is 0 Å². The van der Waals surface area contributed by atoms with Crippen molar-refractivity contribution in [3.8, 4) is 0 Å². The van der Waals surface area contributed by atoms with Crippen LogP contribution in [-0.2, 0) is 9.53 Å². The maximum Gasteiger partial charge on any atom is 0.237 e. The van der Waals surface area contributed by atoms with E-state index < -0.39 is 12.1 Å². The fourth-order valence-corrected chi connectivity index (χ4v) is 1.50. The minimum Gasteiger partial charge on any atom is -0.387 e. The molecule has 0 aliphatic rings. The van der Waals surface area contributed by atoms with Gasteiger partial charge in [-0.15, -0.1) is 0 Å². The summed E-state index contributed by atoms with van der Waals surface area (Å²) in [6.45, 7) is 0.597. The molecule has 5 heteroatoms. The van der Waals surface area contributed by atoms with Crippen LogP contribution in [0, 0.1) is 0 Å². The molecule has 0 aliphatic heterocycles. The molecule has 0 aliphatic carbocycles. The van der Waals surface area contributed by atoms with Crippen LogP contribution in [0.25, 0.3) is 0 Å². The van der Waals surface area contributed by atoms with E-state index in [1.54, 1.807) is 7.11 Å². The van der Waals surface area contributed by atoms with Crippen molar-refractivity contribution in [1.29, 1.82) is 0 Å². The quantitative estimate of drug-likeness (QED) is 0.647. The standard InChI is InChI=1S/C13H20N2O3/c1-18-8-7-11(14)13(17)15-9-12(16)10-5-3-2-4-6-10/h2-6,11-12,16H,7-9,14H2,1H3,(H,15,17). The van der Waals surface area contributed by atoms with E-state index in [1.165, 1.54) is 0 Å². The van der Waals surface area contributed by atoms with Crippen molar-refractivity contribution >= 4 is 5.91 Å². The van der Waals surface area contributed by atoms with E-state index in [4.69, 9.17) is 10.5 Å². The van der Waals surface area contributed by atoms with Gasteiger partial charge >= 0.3 is 0 Å². The Labute approximate surface area is 107 Å². The predicted octanol–water partition coefficient (Wildman–Crippen LogP) is 0.200. The molecule has 0 spiro atoms. The van der Waals surface area contributed by atoms with Crippen LogP contribution in [0.1, 0.15) is 18.1 Å². The first kappa shape index (κ1) is 14.6. The lowest BCUT2D eigenvalue weighted by Gasteiger charge is -2.15. The fraction of sp³-hybridized carbons (Fsp3) is 0.462. The Morgan fingerprint density at radius 3 is 2.72 bits per heavy atom. The van der Waals surface area contributed by atoms with E-state index >= 15 is 0 Å². The van der Waals surface area contributed by atoms with Gasteiger partial charge in [0, 0.05) is 20.3 Å². The second kappa shape index (κ2) is 7.81. The molecule has 1 aromatic carbocycles. The third-order valence-electron chi connectivity index (χ3n) is 2.62. The van der Waals surface area contributed by atoms with Gasteiger partial charge in [0.15, 0.2) is 0 Å². The van der Waals surface area contributed by atoms with Crippen molar-refractivity contribution in [2.75, 3.05) is 20.3 Å². The Balaban J connectivity index is 2.34. The van der Waals surface area contributed by atoms with Gasteiger partial charge in [-0.2, -0.15) is 0 Å². The smallest absolute Gasteiger partial charge is 0.237 e. The number of amides is 1. The van der Waals surface area contributed by atoms with Crippen LogP contribution in [-0.4, -0.2) is 37.3 Å². The van der Waals surface area contributed by atoms with E-state index in [2.05, 4.69) is 5.32 Å². The fourth-order valence-electron chi connectivity index (χ4n) is 1.50. The first-order valence-corrected chi connectivity index (χ1v) is 5.90. The molecule has 18 heavy (non-hydrogen) atoms. The number of hydrogen-bond acceptors (Lipinski definition) is 4. The third kappa shape index (κ3) is 4.83. The normalized spacial score (nSPS) is 13.9. The summed E-state index contributed by atoms with van der Waals surface area (Å²) in [5.74, 6) is -0.276.